The van der Waals surface area contributed by atoms with Gasteiger partial charge in [-0.3, -0.25) is 4.79 Å². The number of hydrogen-bond acceptors (Lipinski definition) is 6. The van der Waals surface area contributed by atoms with Crippen LogP contribution in [0.1, 0.15) is 25.5 Å². The second-order valence-corrected chi connectivity index (χ2v) is 5.58. The van der Waals surface area contributed by atoms with Gasteiger partial charge in [-0.25, -0.2) is 4.98 Å². The lowest BCUT2D eigenvalue weighted by molar-refractivity contribution is -0.142. The number of piperidine rings is 1. The van der Waals surface area contributed by atoms with Gasteiger partial charge in [-0.1, -0.05) is 0 Å². The molecule has 6 heteroatoms. The minimum atomic E-state index is -0.230. The van der Waals surface area contributed by atoms with Gasteiger partial charge in [-0.05, 0) is 25.7 Å². The van der Waals surface area contributed by atoms with Gasteiger partial charge in [0.2, 0.25) is 0 Å². The molecule has 1 aromatic heterocycles. The molecule has 5 nitrogen and oxygen atoms in total. The maximum atomic E-state index is 11.4. The standard InChI is InChI=1S/C13H20N2O3S/c1-2-18-12(17)6-11-9-19-13(14-11)15-5-3-4-10(7-15)8-16/h9-10,16H,2-8H2,1H3. The first-order valence-corrected chi connectivity index (χ1v) is 7.56. The molecule has 0 radical (unpaired) electrons. The van der Waals surface area contributed by atoms with Crippen molar-refractivity contribution >= 4 is 22.4 Å². The third kappa shape index (κ3) is 3.91. The first-order chi connectivity index (χ1) is 9.22. The Hall–Kier alpha value is -1.14. The van der Waals surface area contributed by atoms with E-state index in [1.165, 1.54) is 0 Å². The van der Waals surface area contributed by atoms with Gasteiger partial charge < -0.3 is 14.7 Å². The molecule has 1 aliphatic rings. The second kappa shape index (κ2) is 6.86. The van der Waals surface area contributed by atoms with Gasteiger partial charge in [0.1, 0.15) is 0 Å². The molecule has 1 N–H and O–H groups in total. The fourth-order valence-corrected chi connectivity index (χ4v) is 3.13. The number of aliphatic hydroxyl groups excluding tert-OH is 1. The van der Waals surface area contributed by atoms with Gasteiger partial charge in [-0.2, -0.15) is 0 Å². The summed E-state index contributed by atoms with van der Waals surface area (Å²) in [5.74, 6) is 0.109. The molecule has 1 atom stereocenters. The Morgan fingerprint density at radius 3 is 3.26 bits per heavy atom. The molecule has 0 aromatic carbocycles. The average molecular weight is 284 g/mol. The van der Waals surface area contributed by atoms with Crippen LogP contribution in [0.4, 0.5) is 5.13 Å². The lowest BCUT2D eigenvalue weighted by Gasteiger charge is -2.31. The quantitative estimate of drug-likeness (QED) is 0.829. The van der Waals surface area contributed by atoms with Crippen molar-refractivity contribution in [2.75, 3.05) is 31.2 Å². The molecule has 0 saturated carbocycles. The van der Waals surface area contributed by atoms with Crippen molar-refractivity contribution in [1.29, 1.82) is 0 Å². The van der Waals surface area contributed by atoms with Gasteiger partial charge in [0.05, 0.1) is 18.7 Å². The lowest BCUT2D eigenvalue weighted by Crippen LogP contribution is -2.36. The molecule has 19 heavy (non-hydrogen) atoms. The van der Waals surface area contributed by atoms with Gasteiger partial charge in [-0.15, -0.1) is 11.3 Å². The van der Waals surface area contributed by atoms with E-state index in [1.54, 1.807) is 18.3 Å². The van der Waals surface area contributed by atoms with E-state index in [4.69, 9.17) is 4.74 Å². The molecule has 0 spiro atoms. The maximum Gasteiger partial charge on any atom is 0.311 e. The van der Waals surface area contributed by atoms with Crippen LogP contribution in [0.5, 0.6) is 0 Å². The summed E-state index contributed by atoms with van der Waals surface area (Å²) >= 11 is 1.55. The number of carbonyl (C=O) groups is 1. The molecule has 1 saturated heterocycles. The number of esters is 1. The summed E-state index contributed by atoms with van der Waals surface area (Å²) < 4.78 is 4.91. The SMILES string of the molecule is CCOC(=O)Cc1csc(N2CCCC(CO)C2)n1. The molecule has 2 rings (SSSR count). The topological polar surface area (TPSA) is 62.7 Å². The van der Waals surface area contributed by atoms with E-state index in [0.29, 0.717) is 12.5 Å². The summed E-state index contributed by atoms with van der Waals surface area (Å²) in [6, 6.07) is 0. The molecule has 2 heterocycles. The number of hydrogen-bond donors (Lipinski definition) is 1. The second-order valence-electron chi connectivity index (χ2n) is 4.74. The van der Waals surface area contributed by atoms with E-state index >= 15 is 0 Å². The predicted molar refractivity (Wildman–Crippen MR) is 74.5 cm³/mol. The van der Waals surface area contributed by atoms with Crippen LogP contribution in [-0.2, 0) is 16.0 Å². The van der Waals surface area contributed by atoms with Crippen molar-refractivity contribution < 1.29 is 14.6 Å². The molecule has 0 amide bonds. The summed E-state index contributed by atoms with van der Waals surface area (Å²) in [4.78, 5) is 18.1. The Balaban J connectivity index is 1.94. The summed E-state index contributed by atoms with van der Waals surface area (Å²) in [6.07, 6.45) is 2.40. The van der Waals surface area contributed by atoms with Crippen LogP contribution >= 0.6 is 11.3 Å². The molecule has 106 valence electrons. The number of aliphatic hydroxyl groups is 1. The molecular weight excluding hydrogens is 264 g/mol. The van der Waals surface area contributed by atoms with Crippen molar-refractivity contribution in [2.45, 2.75) is 26.2 Å². The summed E-state index contributed by atoms with van der Waals surface area (Å²) in [5.41, 5.74) is 0.768. The summed E-state index contributed by atoms with van der Waals surface area (Å²) in [7, 11) is 0. The zero-order valence-electron chi connectivity index (χ0n) is 11.2. The first kappa shape index (κ1) is 14.3. The van der Waals surface area contributed by atoms with Crippen molar-refractivity contribution in [3.05, 3.63) is 11.1 Å². The largest absolute Gasteiger partial charge is 0.466 e. The Morgan fingerprint density at radius 2 is 2.53 bits per heavy atom. The highest BCUT2D eigenvalue weighted by Crippen LogP contribution is 2.26. The fourth-order valence-electron chi connectivity index (χ4n) is 2.27. The van der Waals surface area contributed by atoms with Gasteiger partial charge in [0.15, 0.2) is 5.13 Å². The molecule has 1 aliphatic heterocycles. The lowest BCUT2D eigenvalue weighted by atomic mass is 10.00. The van der Waals surface area contributed by atoms with Crippen LogP contribution < -0.4 is 4.90 Å². The molecule has 1 unspecified atom stereocenters. The van der Waals surface area contributed by atoms with E-state index in [0.717, 1.165) is 36.8 Å². The number of aromatic nitrogens is 1. The molecule has 0 bridgehead atoms. The highest BCUT2D eigenvalue weighted by molar-refractivity contribution is 7.13. The van der Waals surface area contributed by atoms with E-state index in [-0.39, 0.29) is 19.0 Å². The van der Waals surface area contributed by atoms with Crippen molar-refractivity contribution in [1.82, 2.24) is 4.98 Å². The van der Waals surface area contributed by atoms with Gasteiger partial charge in [0.25, 0.3) is 0 Å². The van der Waals surface area contributed by atoms with Crippen LogP contribution in [0.2, 0.25) is 0 Å². The highest BCUT2D eigenvalue weighted by atomic mass is 32.1. The van der Waals surface area contributed by atoms with Crippen LogP contribution in [0.3, 0.4) is 0 Å². The van der Waals surface area contributed by atoms with E-state index in [1.807, 2.05) is 5.38 Å². The van der Waals surface area contributed by atoms with Gasteiger partial charge in [0, 0.05) is 25.1 Å². The number of thiazole rings is 1. The van der Waals surface area contributed by atoms with E-state index < -0.39 is 0 Å². The summed E-state index contributed by atoms with van der Waals surface area (Å²) in [6.45, 7) is 4.26. The monoisotopic (exact) mass is 284 g/mol. The minimum absolute atomic E-state index is 0.230. The number of rotatable bonds is 5. The smallest absolute Gasteiger partial charge is 0.311 e. The molecule has 1 aromatic rings. The third-order valence-corrected chi connectivity index (χ3v) is 4.17. The summed E-state index contributed by atoms with van der Waals surface area (Å²) in [5, 5.41) is 12.1. The van der Waals surface area contributed by atoms with Crippen LogP contribution in [0.25, 0.3) is 0 Å². The molecule has 1 fully saturated rings. The van der Waals surface area contributed by atoms with Crippen LogP contribution in [0.15, 0.2) is 5.38 Å². The Labute approximate surface area is 117 Å². The number of ether oxygens (including phenoxy) is 1. The predicted octanol–water partition coefficient (Wildman–Crippen LogP) is 1.46. The fraction of sp³-hybridized carbons (Fsp3) is 0.692. The minimum Gasteiger partial charge on any atom is -0.466 e. The Kier molecular flexibility index (Phi) is 5.15. The number of carbonyl (C=O) groups excluding carboxylic acids is 1. The highest BCUT2D eigenvalue weighted by Gasteiger charge is 2.21. The molecule has 0 aliphatic carbocycles. The van der Waals surface area contributed by atoms with E-state index in [2.05, 4.69) is 9.88 Å². The third-order valence-electron chi connectivity index (χ3n) is 3.22. The zero-order chi connectivity index (χ0) is 13.7. The number of anilines is 1. The maximum absolute atomic E-state index is 11.4. The average Bonchev–Trinajstić information content (AvgIpc) is 2.87. The van der Waals surface area contributed by atoms with Crippen molar-refractivity contribution in [3.63, 3.8) is 0 Å². The zero-order valence-corrected chi connectivity index (χ0v) is 12.0. The normalized spacial score (nSPS) is 19.5. The molecular formula is C13H20N2O3S. The van der Waals surface area contributed by atoms with E-state index in [9.17, 15) is 9.90 Å². The van der Waals surface area contributed by atoms with Gasteiger partial charge >= 0.3 is 5.97 Å². The Morgan fingerprint density at radius 1 is 1.68 bits per heavy atom. The Bertz CT molecular complexity index is 422. The van der Waals surface area contributed by atoms with Crippen molar-refractivity contribution in [2.24, 2.45) is 5.92 Å². The first-order valence-electron chi connectivity index (χ1n) is 6.68. The van der Waals surface area contributed by atoms with Crippen LogP contribution in [0, 0.1) is 5.92 Å². The van der Waals surface area contributed by atoms with Crippen LogP contribution in [-0.4, -0.2) is 42.4 Å². The number of nitrogens with zero attached hydrogens (tertiary/aromatic N) is 2. The van der Waals surface area contributed by atoms with Crippen molar-refractivity contribution in [3.8, 4) is 0 Å².